The first-order valence-corrected chi connectivity index (χ1v) is 12.3. The lowest BCUT2D eigenvalue weighted by molar-refractivity contribution is -0.115. The number of rotatable bonds is 7. The summed E-state index contributed by atoms with van der Waals surface area (Å²) in [4.78, 5) is 24.0. The van der Waals surface area contributed by atoms with Gasteiger partial charge in [0, 0.05) is 29.5 Å². The van der Waals surface area contributed by atoms with Crippen LogP contribution in [0.1, 0.15) is 6.42 Å². The monoisotopic (exact) mass is 496 g/mol. The number of benzene rings is 3. The number of hydrogen-bond acceptors (Lipinski definition) is 6. The van der Waals surface area contributed by atoms with Gasteiger partial charge in [-0.2, -0.15) is 0 Å². The van der Waals surface area contributed by atoms with Crippen molar-refractivity contribution in [3.8, 4) is 11.5 Å². The molecule has 1 aliphatic rings. The molecule has 0 saturated heterocycles. The second-order valence-corrected chi connectivity index (χ2v) is 9.25. The van der Waals surface area contributed by atoms with Crippen molar-refractivity contribution < 1.29 is 27.5 Å². The molecule has 3 aromatic carbocycles. The maximum Gasteiger partial charge on any atom is 0.319 e. The third-order valence-electron chi connectivity index (χ3n) is 4.89. The summed E-state index contributed by atoms with van der Waals surface area (Å²) in [5, 5.41) is 7.71. The van der Waals surface area contributed by atoms with Crippen LogP contribution in [0.2, 0.25) is 0 Å². The Morgan fingerprint density at radius 1 is 0.771 bits per heavy atom. The highest BCUT2D eigenvalue weighted by Crippen LogP contribution is 2.32. The van der Waals surface area contributed by atoms with Gasteiger partial charge in [-0.25, -0.2) is 13.2 Å². The first-order valence-electron chi connectivity index (χ1n) is 10.8. The van der Waals surface area contributed by atoms with E-state index in [4.69, 9.17) is 9.47 Å². The van der Waals surface area contributed by atoms with E-state index < -0.39 is 22.0 Å². The smallest absolute Gasteiger partial charge is 0.319 e. The van der Waals surface area contributed by atoms with Crippen LogP contribution in [-0.4, -0.2) is 40.1 Å². The summed E-state index contributed by atoms with van der Waals surface area (Å²) in [5.41, 5.74) is 1.37. The topological polar surface area (TPSA) is 135 Å². The second kappa shape index (κ2) is 10.8. The Balaban J connectivity index is 1.30. The minimum atomic E-state index is -3.87. The van der Waals surface area contributed by atoms with E-state index in [1.165, 1.54) is 24.3 Å². The summed E-state index contributed by atoms with van der Waals surface area (Å²) in [6, 6.07) is 18.9. The summed E-state index contributed by atoms with van der Waals surface area (Å²) in [5.74, 6) is 0.455. The molecule has 0 aromatic heterocycles. The maximum absolute atomic E-state index is 12.8. The molecular formula is C24H24N4O6S. The van der Waals surface area contributed by atoms with E-state index in [1.54, 1.807) is 42.5 Å². The molecule has 10 nitrogen and oxygen atoms in total. The molecule has 4 rings (SSSR count). The minimum absolute atomic E-state index is 0.0407. The summed E-state index contributed by atoms with van der Waals surface area (Å²) in [7, 11) is -3.87. The number of carbonyl (C=O) groups is 2. The number of nitrogens with one attached hydrogen (secondary N) is 4. The zero-order valence-electron chi connectivity index (χ0n) is 18.6. The van der Waals surface area contributed by atoms with Crippen molar-refractivity contribution in [2.45, 2.75) is 11.3 Å². The lowest BCUT2D eigenvalue weighted by Crippen LogP contribution is -2.35. The number of amides is 3. The predicted octanol–water partition coefficient (Wildman–Crippen LogP) is 3.41. The number of carbonyl (C=O) groups excluding carboxylic acids is 2. The summed E-state index contributed by atoms with van der Waals surface area (Å²) < 4.78 is 39.2. The average molecular weight is 497 g/mol. The number of fused-ring (bicyclic) bond motifs is 1. The van der Waals surface area contributed by atoms with Crippen LogP contribution in [0.15, 0.2) is 77.7 Å². The standard InChI is InChI=1S/C24H24N4O6S/c29-23(16-25-24(30)27-17-5-2-1-3-6-17)26-18-7-9-19(10-8-18)28-35(31,32)20-11-12-21-22(15-20)34-14-4-13-33-21/h1-3,5-12,15,28H,4,13-14,16H2,(H,26,29)(H2,25,27,30). The van der Waals surface area contributed by atoms with Gasteiger partial charge >= 0.3 is 6.03 Å². The molecule has 4 N–H and O–H groups in total. The number of hydrogen-bond donors (Lipinski definition) is 4. The number of sulfonamides is 1. The average Bonchev–Trinajstić information content (AvgIpc) is 3.09. The van der Waals surface area contributed by atoms with Crippen molar-refractivity contribution >= 4 is 39.0 Å². The Kier molecular flexibility index (Phi) is 7.36. The van der Waals surface area contributed by atoms with Gasteiger partial charge in [0.25, 0.3) is 10.0 Å². The van der Waals surface area contributed by atoms with E-state index >= 15 is 0 Å². The molecule has 1 aliphatic heterocycles. The lowest BCUT2D eigenvalue weighted by Gasteiger charge is -2.12. The van der Waals surface area contributed by atoms with Gasteiger partial charge in [0.15, 0.2) is 11.5 Å². The van der Waals surface area contributed by atoms with Crippen LogP contribution < -0.4 is 30.1 Å². The molecule has 3 amide bonds. The largest absolute Gasteiger partial charge is 0.490 e. The first-order chi connectivity index (χ1) is 16.9. The first kappa shape index (κ1) is 23.9. The van der Waals surface area contributed by atoms with Crippen LogP contribution in [0, 0.1) is 0 Å². The van der Waals surface area contributed by atoms with Gasteiger partial charge in [-0.3, -0.25) is 9.52 Å². The van der Waals surface area contributed by atoms with Crippen LogP contribution in [-0.2, 0) is 14.8 Å². The molecule has 0 fully saturated rings. The maximum atomic E-state index is 12.8. The molecular weight excluding hydrogens is 472 g/mol. The fourth-order valence-corrected chi connectivity index (χ4v) is 4.28. The summed E-state index contributed by atoms with van der Waals surface area (Å²) in [6.45, 7) is 0.721. The van der Waals surface area contributed by atoms with Gasteiger partial charge in [0.1, 0.15) is 0 Å². The van der Waals surface area contributed by atoms with Crippen molar-refractivity contribution in [2.75, 3.05) is 35.1 Å². The highest BCUT2D eigenvalue weighted by Gasteiger charge is 2.19. The van der Waals surface area contributed by atoms with Crippen molar-refractivity contribution in [1.82, 2.24) is 5.32 Å². The zero-order valence-corrected chi connectivity index (χ0v) is 19.4. The van der Waals surface area contributed by atoms with Crippen molar-refractivity contribution in [2.24, 2.45) is 0 Å². The van der Waals surface area contributed by atoms with Gasteiger partial charge < -0.3 is 25.4 Å². The van der Waals surface area contributed by atoms with Crippen LogP contribution in [0.5, 0.6) is 11.5 Å². The van der Waals surface area contributed by atoms with Gasteiger partial charge in [-0.15, -0.1) is 0 Å². The van der Waals surface area contributed by atoms with Crippen molar-refractivity contribution in [3.05, 3.63) is 72.8 Å². The number of urea groups is 1. The Bertz CT molecular complexity index is 1300. The number of ether oxygens (including phenoxy) is 2. The van der Waals surface area contributed by atoms with Crippen molar-refractivity contribution in [1.29, 1.82) is 0 Å². The molecule has 182 valence electrons. The Labute approximate surface area is 202 Å². The van der Waals surface area contributed by atoms with E-state index in [0.717, 1.165) is 6.42 Å². The fraction of sp³-hybridized carbons (Fsp3) is 0.167. The van der Waals surface area contributed by atoms with E-state index in [0.29, 0.717) is 41.8 Å². The molecule has 1 heterocycles. The molecule has 11 heteroatoms. The molecule has 0 saturated carbocycles. The molecule has 0 radical (unpaired) electrons. The lowest BCUT2D eigenvalue weighted by atomic mass is 10.3. The van der Waals surface area contributed by atoms with E-state index in [-0.39, 0.29) is 11.4 Å². The molecule has 35 heavy (non-hydrogen) atoms. The van der Waals surface area contributed by atoms with Gasteiger partial charge in [0.05, 0.1) is 24.7 Å². The number of para-hydroxylation sites is 1. The SMILES string of the molecule is O=C(CNC(=O)Nc1ccccc1)Nc1ccc(NS(=O)(=O)c2ccc3c(c2)OCCCO3)cc1. The third-order valence-corrected chi connectivity index (χ3v) is 6.27. The van der Waals surface area contributed by atoms with Gasteiger partial charge in [-0.1, -0.05) is 18.2 Å². The summed E-state index contributed by atoms with van der Waals surface area (Å²) >= 11 is 0. The summed E-state index contributed by atoms with van der Waals surface area (Å²) in [6.07, 6.45) is 0.717. The zero-order chi connectivity index (χ0) is 24.7. The molecule has 0 unspecified atom stereocenters. The highest BCUT2D eigenvalue weighted by molar-refractivity contribution is 7.92. The van der Waals surface area contributed by atoms with Gasteiger partial charge in [0.2, 0.25) is 5.91 Å². The molecule has 0 aliphatic carbocycles. The Morgan fingerprint density at radius 2 is 1.43 bits per heavy atom. The normalized spacial score (nSPS) is 12.7. The molecule has 3 aromatic rings. The number of anilines is 3. The Morgan fingerprint density at radius 3 is 2.17 bits per heavy atom. The highest BCUT2D eigenvalue weighted by atomic mass is 32.2. The third kappa shape index (κ3) is 6.64. The second-order valence-electron chi connectivity index (χ2n) is 7.56. The molecule has 0 spiro atoms. The molecule has 0 atom stereocenters. The van der Waals surface area contributed by atoms with Gasteiger partial charge in [-0.05, 0) is 48.5 Å². The van der Waals surface area contributed by atoms with Crippen LogP contribution in [0.25, 0.3) is 0 Å². The minimum Gasteiger partial charge on any atom is -0.490 e. The van der Waals surface area contributed by atoms with E-state index in [9.17, 15) is 18.0 Å². The quantitative estimate of drug-likeness (QED) is 0.396. The fourth-order valence-electron chi connectivity index (χ4n) is 3.21. The van der Waals surface area contributed by atoms with E-state index in [2.05, 4.69) is 20.7 Å². The van der Waals surface area contributed by atoms with E-state index in [1.807, 2.05) is 6.07 Å². The van der Waals surface area contributed by atoms with Crippen LogP contribution in [0.3, 0.4) is 0 Å². The van der Waals surface area contributed by atoms with Crippen LogP contribution >= 0.6 is 0 Å². The predicted molar refractivity (Wildman–Crippen MR) is 131 cm³/mol. The molecule has 0 bridgehead atoms. The Hall–Kier alpha value is -4.25. The van der Waals surface area contributed by atoms with Crippen LogP contribution in [0.4, 0.5) is 21.9 Å². The van der Waals surface area contributed by atoms with Crippen molar-refractivity contribution in [3.63, 3.8) is 0 Å².